The lowest BCUT2D eigenvalue weighted by atomic mass is 9.93. The lowest BCUT2D eigenvalue weighted by Gasteiger charge is -2.32. The second-order valence-electron chi connectivity index (χ2n) is 7.25. The highest BCUT2D eigenvalue weighted by Crippen LogP contribution is 2.27. The van der Waals surface area contributed by atoms with Crippen LogP contribution in [0, 0.1) is 5.92 Å². The molecule has 0 bridgehead atoms. The fraction of sp³-hybridized carbons (Fsp3) is 0.600. The second-order valence-corrected chi connectivity index (χ2v) is 7.25. The summed E-state index contributed by atoms with van der Waals surface area (Å²) in [6, 6.07) is 5.16. The van der Waals surface area contributed by atoms with Gasteiger partial charge in [0.25, 0.3) is 0 Å². The van der Waals surface area contributed by atoms with Crippen molar-refractivity contribution in [1.29, 1.82) is 0 Å². The molecule has 0 unspecified atom stereocenters. The molecule has 0 spiro atoms. The minimum Gasteiger partial charge on any atom is -0.497 e. The second kappa shape index (κ2) is 8.97. The Balaban J connectivity index is 1.49. The monoisotopic (exact) mass is 375 g/mol. The average Bonchev–Trinajstić information content (AvgIpc) is 3.23. The number of nitrogens with zero attached hydrogens (tertiary/aromatic N) is 2. The Morgan fingerprint density at radius 2 is 1.56 bits per heavy atom. The molecule has 1 aromatic carbocycles. The van der Waals surface area contributed by atoms with Crippen LogP contribution < -0.4 is 14.8 Å². The zero-order chi connectivity index (χ0) is 19.2. The van der Waals surface area contributed by atoms with Crippen molar-refractivity contribution < 1.29 is 19.1 Å². The van der Waals surface area contributed by atoms with Crippen LogP contribution in [-0.2, 0) is 4.79 Å². The van der Waals surface area contributed by atoms with E-state index in [1.165, 1.54) is 0 Å². The summed E-state index contributed by atoms with van der Waals surface area (Å²) in [6.07, 6.45) is 4.60. The van der Waals surface area contributed by atoms with E-state index in [1.807, 2.05) is 9.80 Å². The van der Waals surface area contributed by atoms with E-state index in [-0.39, 0.29) is 11.9 Å². The summed E-state index contributed by atoms with van der Waals surface area (Å²) in [6.45, 7) is 3.16. The van der Waals surface area contributed by atoms with Crippen LogP contribution in [0.4, 0.5) is 10.5 Å². The molecule has 0 aliphatic carbocycles. The van der Waals surface area contributed by atoms with Gasteiger partial charge in [0.2, 0.25) is 5.91 Å². The fourth-order valence-electron chi connectivity index (χ4n) is 3.76. The van der Waals surface area contributed by atoms with Crippen LogP contribution in [0.2, 0.25) is 0 Å². The van der Waals surface area contributed by atoms with Gasteiger partial charge in [-0.05, 0) is 31.6 Å². The van der Waals surface area contributed by atoms with Crippen molar-refractivity contribution in [2.75, 3.05) is 45.7 Å². The van der Waals surface area contributed by atoms with Crippen molar-refractivity contribution in [2.45, 2.75) is 32.1 Å². The first kappa shape index (κ1) is 19.3. The number of carbonyl (C=O) groups excluding carboxylic acids is 2. The van der Waals surface area contributed by atoms with E-state index in [0.717, 1.165) is 38.8 Å². The molecule has 0 aromatic heterocycles. The van der Waals surface area contributed by atoms with E-state index in [9.17, 15) is 9.59 Å². The number of ether oxygens (including phenoxy) is 2. The SMILES string of the molecule is COc1cc(NC(=O)N2CCC(CC(=O)N3CCCC3)CC2)cc(OC)c1. The lowest BCUT2D eigenvalue weighted by molar-refractivity contribution is -0.131. The van der Waals surface area contributed by atoms with Crippen LogP contribution in [0.3, 0.4) is 0 Å². The quantitative estimate of drug-likeness (QED) is 0.859. The Morgan fingerprint density at radius 3 is 2.11 bits per heavy atom. The van der Waals surface area contributed by atoms with E-state index in [0.29, 0.717) is 42.6 Å². The maximum Gasteiger partial charge on any atom is 0.321 e. The molecule has 7 heteroatoms. The summed E-state index contributed by atoms with van der Waals surface area (Å²) >= 11 is 0. The maximum absolute atomic E-state index is 12.6. The van der Waals surface area contributed by atoms with Gasteiger partial charge >= 0.3 is 6.03 Å². The van der Waals surface area contributed by atoms with Gasteiger partial charge in [0, 0.05) is 56.5 Å². The molecule has 0 atom stereocenters. The molecule has 2 saturated heterocycles. The molecule has 1 N–H and O–H groups in total. The number of methoxy groups -OCH3 is 2. The van der Waals surface area contributed by atoms with Gasteiger partial charge in [-0.25, -0.2) is 4.79 Å². The molecular formula is C20H29N3O4. The molecule has 2 heterocycles. The van der Waals surface area contributed by atoms with Gasteiger partial charge in [-0.1, -0.05) is 0 Å². The minimum absolute atomic E-state index is 0.130. The van der Waals surface area contributed by atoms with Gasteiger partial charge in [0.1, 0.15) is 11.5 Å². The summed E-state index contributed by atoms with van der Waals surface area (Å²) in [4.78, 5) is 28.7. The number of anilines is 1. The van der Waals surface area contributed by atoms with Gasteiger partial charge in [-0.15, -0.1) is 0 Å². The van der Waals surface area contributed by atoms with Crippen LogP contribution >= 0.6 is 0 Å². The standard InChI is InChI=1S/C20H29N3O4/c1-26-17-12-16(13-18(14-17)27-2)21-20(25)23-9-5-15(6-10-23)11-19(24)22-7-3-4-8-22/h12-15H,3-11H2,1-2H3,(H,21,25). The molecule has 1 aromatic rings. The third-order valence-corrected chi connectivity index (χ3v) is 5.43. The molecule has 27 heavy (non-hydrogen) atoms. The van der Waals surface area contributed by atoms with Crippen molar-refractivity contribution >= 4 is 17.6 Å². The highest BCUT2D eigenvalue weighted by Gasteiger charge is 2.27. The van der Waals surface area contributed by atoms with Crippen molar-refractivity contribution in [3.05, 3.63) is 18.2 Å². The summed E-state index contributed by atoms with van der Waals surface area (Å²) in [5, 5.41) is 2.91. The van der Waals surface area contributed by atoms with Crippen molar-refractivity contribution in [3.8, 4) is 11.5 Å². The first-order valence-corrected chi connectivity index (χ1v) is 9.66. The molecule has 2 aliphatic heterocycles. The average molecular weight is 375 g/mol. The number of carbonyl (C=O) groups is 2. The Hall–Kier alpha value is -2.44. The molecule has 0 radical (unpaired) electrons. The van der Waals surface area contributed by atoms with Gasteiger partial charge in [-0.2, -0.15) is 0 Å². The molecule has 3 rings (SSSR count). The number of urea groups is 1. The zero-order valence-corrected chi connectivity index (χ0v) is 16.2. The molecule has 2 fully saturated rings. The lowest BCUT2D eigenvalue weighted by Crippen LogP contribution is -2.42. The topological polar surface area (TPSA) is 71.1 Å². The molecule has 0 saturated carbocycles. The molecule has 7 nitrogen and oxygen atoms in total. The third kappa shape index (κ3) is 5.05. The van der Waals surface area contributed by atoms with E-state index in [1.54, 1.807) is 32.4 Å². The summed E-state index contributed by atoms with van der Waals surface area (Å²) < 4.78 is 10.5. The van der Waals surface area contributed by atoms with Gasteiger partial charge in [0.05, 0.1) is 14.2 Å². The van der Waals surface area contributed by atoms with Crippen LogP contribution in [0.15, 0.2) is 18.2 Å². The van der Waals surface area contributed by atoms with Crippen LogP contribution in [0.1, 0.15) is 32.1 Å². The number of piperidine rings is 1. The molecule has 148 valence electrons. The Bertz CT molecular complexity index is 643. The van der Waals surface area contributed by atoms with Crippen molar-refractivity contribution in [3.63, 3.8) is 0 Å². The molecule has 3 amide bonds. The van der Waals surface area contributed by atoms with Gasteiger partial charge in [0.15, 0.2) is 0 Å². The number of nitrogens with one attached hydrogen (secondary N) is 1. The van der Waals surface area contributed by atoms with Gasteiger partial charge < -0.3 is 24.6 Å². The predicted molar refractivity (Wildman–Crippen MR) is 103 cm³/mol. The Kier molecular flexibility index (Phi) is 6.42. The summed E-state index contributed by atoms with van der Waals surface area (Å²) in [5.41, 5.74) is 0.641. The number of benzene rings is 1. The number of hydrogen-bond donors (Lipinski definition) is 1. The van der Waals surface area contributed by atoms with E-state index in [2.05, 4.69) is 5.32 Å². The summed E-state index contributed by atoms with van der Waals surface area (Å²) in [5.74, 6) is 1.91. The predicted octanol–water partition coefficient (Wildman–Crippen LogP) is 2.96. The normalized spacial score (nSPS) is 17.7. The van der Waals surface area contributed by atoms with Crippen LogP contribution in [-0.4, -0.2) is 62.1 Å². The fourth-order valence-corrected chi connectivity index (χ4v) is 3.76. The number of amides is 3. The highest BCUT2D eigenvalue weighted by molar-refractivity contribution is 5.90. The minimum atomic E-state index is -0.130. The van der Waals surface area contributed by atoms with Crippen molar-refractivity contribution in [2.24, 2.45) is 5.92 Å². The smallest absolute Gasteiger partial charge is 0.321 e. The van der Waals surface area contributed by atoms with Crippen LogP contribution in [0.5, 0.6) is 11.5 Å². The van der Waals surface area contributed by atoms with Crippen molar-refractivity contribution in [1.82, 2.24) is 9.80 Å². The zero-order valence-electron chi connectivity index (χ0n) is 16.2. The van der Waals surface area contributed by atoms with E-state index < -0.39 is 0 Å². The van der Waals surface area contributed by atoms with E-state index >= 15 is 0 Å². The largest absolute Gasteiger partial charge is 0.497 e. The molecular weight excluding hydrogens is 346 g/mol. The van der Waals surface area contributed by atoms with Gasteiger partial charge in [-0.3, -0.25) is 4.79 Å². The first-order chi connectivity index (χ1) is 13.1. The summed E-state index contributed by atoms with van der Waals surface area (Å²) in [7, 11) is 3.16. The number of hydrogen-bond acceptors (Lipinski definition) is 4. The maximum atomic E-state index is 12.6. The molecule has 2 aliphatic rings. The van der Waals surface area contributed by atoms with E-state index in [4.69, 9.17) is 9.47 Å². The highest BCUT2D eigenvalue weighted by atomic mass is 16.5. The number of rotatable bonds is 5. The Labute approximate surface area is 160 Å². The van der Waals surface area contributed by atoms with Crippen LogP contribution in [0.25, 0.3) is 0 Å². The Morgan fingerprint density at radius 1 is 0.963 bits per heavy atom. The third-order valence-electron chi connectivity index (χ3n) is 5.43. The first-order valence-electron chi connectivity index (χ1n) is 9.66. The number of likely N-dealkylation sites (tertiary alicyclic amines) is 2.